The number of fused-ring (bicyclic) bond motifs is 3. The fourth-order valence-electron chi connectivity index (χ4n) is 4.69. The molecule has 0 bridgehead atoms. The first kappa shape index (κ1) is 23.3. The second-order valence-corrected chi connectivity index (χ2v) is 8.91. The quantitative estimate of drug-likeness (QED) is 0.177. The van der Waals surface area contributed by atoms with Gasteiger partial charge in [0.25, 0.3) is 0 Å². The third-order valence-electron chi connectivity index (χ3n) is 6.50. The molecule has 0 aliphatic heterocycles. The molecule has 0 unspecified atom stereocenters. The standard InChI is InChI=1S/C34H25N3O/c1-35-34(37-33(26-17-9-4-10-18-26)36-23-24-13-5-2-6-14-24)29-21-12-22-30-31(29)28-20-11-19-27(32(28)38-30)25-15-7-3-8-16-25/h2-22H,1,23H2/b36-33-,37-34-. The van der Waals surface area contributed by atoms with E-state index in [2.05, 4.69) is 54.2 Å². The summed E-state index contributed by atoms with van der Waals surface area (Å²) in [5, 5.41) is 1.97. The highest BCUT2D eigenvalue weighted by Crippen LogP contribution is 2.37. The van der Waals surface area contributed by atoms with Gasteiger partial charge < -0.3 is 4.42 Å². The zero-order valence-electron chi connectivity index (χ0n) is 20.8. The molecule has 0 aliphatic carbocycles. The molecule has 0 saturated heterocycles. The summed E-state index contributed by atoms with van der Waals surface area (Å²) in [7, 11) is 0. The SMILES string of the molecule is C=N/C(=N\C(=N/Cc1ccccc1)c1ccccc1)c1cccc2oc3c(-c4ccccc4)cccc3c12. The number of rotatable bonds is 5. The smallest absolute Gasteiger partial charge is 0.161 e. The van der Waals surface area contributed by atoms with E-state index in [0.717, 1.165) is 49.8 Å². The Balaban J connectivity index is 1.52. The zero-order valence-corrected chi connectivity index (χ0v) is 20.8. The number of benzene rings is 5. The maximum absolute atomic E-state index is 6.42. The summed E-state index contributed by atoms with van der Waals surface area (Å²) in [6, 6.07) is 42.6. The molecule has 6 aromatic rings. The molecular formula is C34H25N3O. The average Bonchev–Trinajstić information content (AvgIpc) is 3.38. The van der Waals surface area contributed by atoms with Crippen LogP contribution in [0, 0.1) is 0 Å². The lowest BCUT2D eigenvalue weighted by molar-refractivity contribution is 0.670. The first-order chi connectivity index (χ1) is 18.8. The largest absolute Gasteiger partial charge is 0.455 e. The van der Waals surface area contributed by atoms with Crippen LogP contribution in [0.2, 0.25) is 0 Å². The van der Waals surface area contributed by atoms with Gasteiger partial charge in [-0.3, -0.25) is 4.99 Å². The predicted octanol–water partition coefficient (Wildman–Crippen LogP) is 8.35. The van der Waals surface area contributed by atoms with E-state index in [1.807, 2.05) is 84.9 Å². The molecule has 0 spiro atoms. The van der Waals surface area contributed by atoms with Gasteiger partial charge in [-0.2, -0.15) is 0 Å². The van der Waals surface area contributed by atoms with Gasteiger partial charge in [0, 0.05) is 27.5 Å². The van der Waals surface area contributed by atoms with Gasteiger partial charge in [-0.1, -0.05) is 121 Å². The molecule has 1 heterocycles. The number of nitrogens with zero attached hydrogens (tertiary/aromatic N) is 3. The van der Waals surface area contributed by atoms with Gasteiger partial charge in [0.1, 0.15) is 11.2 Å². The molecule has 0 saturated carbocycles. The van der Waals surface area contributed by atoms with E-state index >= 15 is 0 Å². The Morgan fingerprint density at radius 3 is 2.08 bits per heavy atom. The highest BCUT2D eigenvalue weighted by atomic mass is 16.3. The van der Waals surface area contributed by atoms with E-state index in [4.69, 9.17) is 14.4 Å². The van der Waals surface area contributed by atoms with Crippen molar-refractivity contribution in [3.05, 3.63) is 144 Å². The second-order valence-electron chi connectivity index (χ2n) is 8.91. The van der Waals surface area contributed by atoms with E-state index in [0.29, 0.717) is 18.2 Å². The maximum atomic E-state index is 6.42. The Kier molecular flexibility index (Phi) is 6.44. The summed E-state index contributed by atoms with van der Waals surface area (Å²) in [4.78, 5) is 14.2. The average molecular weight is 492 g/mol. The molecule has 0 aliphatic rings. The Morgan fingerprint density at radius 1 is 0.658 bits per heavy atom. The van der Waals surface area contributed by atoms with Crippen molar-refractivity contribution in [3.8, 4) is 11.1 Å². The van der Waals surface area contributed by atoms with Crippen LogP contribution in [0.15, 0.2) is 147 Å². The monoisotopic (exact) mass is 491 g/mol. The lowest BCUT2D eigenvalue weighted by atomic mass is 10.0. The minimum atomic E-state index is 0.499. The van der Waals surface area contributed by atoms with E-state index in [9.17, 15) is 0 Å². The summed E-state index contributed by atoms with van der Waals surface area (Å²) in [6.07, 6.45) is 0. The van der Waals surface area contributed by atoms with Gasteiger partial charge in [-0.05, 0) is 23.9 Å². The molecule has 0 fully saturated rings. The third-order valence-corrected chi connectivity index (χ3v) is 6.50. The zero-order chi connectivity index (χ0) is 25.7. The van der Waals surface area contributed by atoms with E-state index < -0.39 is 0 Å². The van der Waals surface area contributed by atoms with Crippen LogP contribution >= 0.6 is 0 Å². The summed E-state index contributed by atoms with van der Waals surface area (Å²) in [6.45, 7) is 4.38. The van der Waals surface area contributed by atoms with Gasteiger partial charge in [-0.15, -0.1) is 0 Å². The van der Waals surface area contributed by atoms with Crippen LogP contribution in [0.5, 0.6) is 0 Å². The molecule has 182 valence electrons. The number of hydrogen-bond donors (Lipinski definition) is 0. The number of para-hydroxylation sites is 1. The van der Waals surface area contributed by atoms with Crippen molar-refractivity contribution in [2.75, 3.05) is 0 Å². The topological polar surface area (TPSA) is 50.2 Å². The first-order valence-electron chi connectivity index (χ1n) is 12.5. The highest BCUT2D eigenvalue weighted by Gasteiger charge is 2.17. The van der Waals surface area contributed by atoms with Gasteiger partial charge in [0.05, 0.1) is 6.54 Å². The molecule has 6 rings (SSSR count). The molecule has 1 aromatic heterocycles. The van der Waals surface area contributed by atoms with Crippen LogP contribution < -0.4 is 0 Å². The molecule has 4 nitrogen and oxygen atoms in total. The first-order valence-corrected chi connectivity index (χ1v) is 12.5. The van der Waals surface area contributed by atoms with Crippen LogP contribution in [0.4, 0.5) is 0 Å². The minimum absolute atomic E-state index is 0.499. The Morgan fingerprint density at radius 2 is 1.34 bits per heavy atom. The lowest BCUT2D eigenvalue weighted by Gasteiger charge is -2.07. The van der Waals surface area contributed by atoms with Crippen LogP contribution in [-0.2, 0) is 6.54 Å². The van der Waals surface area contributed by atoms with Gasteiger partial charge in [0.15, 0.2) is 11.7 Å². The normalized spacial score (nSPS) is 12.2. The van der Waals surface area contributed by atoms with Crippen molar-refractivity contribution in [1.29, 1.82) is 0 Å². The Labute approximate surface area is 221 Å². The molecule has 38 heavy (non-hydrogen) atoms. The van der Waals surface area contributed by atoms with E-state index in [-0.39, 0.29) is 0 Å². The number of hydrogen-bond acceptors (Lipinski definition) is 2. The third kappa shape index (κ3) is 4.56. The minimum Gasteiger partial charge on any atom is -0.455 e. The van der Waals surface area contributed by atoms with Gasteiger partial charge >= 0.3 is 0 Å². The van der Waals surface area contributed by atoms with Crippen LogP contribution in [0.1, 0.15) is 16.7 Å². The molecule has 0 amide bonds. The fraction of sp³-hybridized carbons (Fsp3) is 0.0294. The van der Waals surface area contributed by atoms with Crippen LogP contribution in [0.25, 0.3) is 33.1 Å². The van der Waals surface area contributed by atoms with Crippen molar-refractivity contribution in [3.63, 3.8) is 0 Å². The fourth-order valence-corrected chi connectivity index (χ4v) is 4.69. The molecule has 0 atom stereocenters. The maximum Gasteiger partial charge on any atom is 0.161 e. The van der Waals surface area contributed by atoms with E-state index in [1.165, 1.54) is 0 Å². The van der Waals surface area contributed by atoms with E-state index in [1.54, 1.807) is 0 Å². The molecule has 5 aromatic carbocycles. The molecule has 4 heteroatoms. The number of amidine groups is 2. The summed E-state index contributed by atoms with van der Waals surface area (Å²) in [5.41, 5.74) is 6.65. The lowest BCUT2D eigenvalue weighted by Crippen LogP contribution is -2.06. The molecule has 0 radical (unpaired) electrons. The summed E-state index contributed by atoms with van der Waals surface area (Å²) < 4.78 is 6.42. The number of furan rings is 1. The second kappa shape index (κ2) is 10.5. The van der Waals surface area contributed by atoms with Gasteiger partial charge in [0.2, 0.25) is 0 Å². The highest BCUT2D eigenvalue weighted by molar-refractivity contribution is 6.22. The van der Waals surface area contributed by atoms with Crippen molar-refractivity contribution in [2.45, 2.75) is 6.54 Å². The van der Waals surface area contributed by atoms with Crippen molar-refractivity contribution >= 4 is 40.3 Å². The van der Waals surface area contributed by atoms with Crippen molar-refractivity contribution in [1.82, 2.24) is 0 Å². The summed E-state index contributed by atoms with van der Waals surface area (Å²) in [5.74, 6) is 1.10. The van der Waals surface area contributed by atoms with Gasteiger partial charge in [-0.25, -0.2) is 9.98 Å². The Bertz CT molecular complexity index is 1780. The van der Waals surface area contributed by atoms with Crippen molar-refractivity contribution in [2.24, 2.45) is 15.0 Å². The van der Waals surface area contributed by atoms with Crippen LogP contribution in [-0.4, -0.2) is 18.4 Å². The summed E-state index contributed by atoms with van der Waals surface area (Å²) >= 11 is 0. The molecule has 0 N–H and O–H groups in total. The molecular weight excluding hydrogens is 466 g/mol. The van der Waals surface area contributed by atoms with Crippen LogP contribution in [0.3, 0.4) is 0 Å². The number of aliphatic imine (C=N–C) groups is 3. The van der Waals surface area contributed by atoms with Crippen molar-refractivity contribution < 1.29 is 4.42 Å². The predicted molar refractivity (Wildman–Crippen MR) is 158 cm³/mol. The Hall–Kier alpha value is -5.09.